The number of rotatable bonds is 4. The van der Waals surface area contributed by atoms with E-state index in [1.165, 1.54) is 9.20 Å². The van der Waals surface area contributed by atoms with Crippen molar-refractivity contribution in [1.29, 1.82) is 0 Å². The van der Waals surface area contributed by atoms with Gasteiger partial charge in [-0.2, -0.15) is 10.2 Å². The molecule has 1 aliphatic heterocycles. The number of ether oxygens (including phenoxy) is 1. The zero-order valence-electron chi connectivity index (χ0n) is 15.4. The molecule has 0 unspecified atom stereocenters. The third-order valence-electron chi connectivity index (χ3n) is 4.86. The molecule has 3 heterocycles. The summed E-state index contributed by atoms with van der Waals surface area (Å²) in [5, 5.41) is 8.78. The molecule has 1 aromatic carbocycles. The molecule has 1 fully saturated rings. The smallest absolute Gasteiger partial charge is 0.293 e. The van der Waals surface area contributed by atoms with Crippen molar-refractivity contribution in [2.24, 2.45) is 0 Å². The zero-order chi connectivity index (χ0) is 19.0. The summed E-state index contributed by atoms with van der Waals surface area (Å²) >= 11 is 0. The molecule has 0 aliphatic carbocycles. The van der Waals surface area contributed by atoms with Gasteiger partial charge in [0.2, 0.25) is 5.91 Å². The zero-order valence-corrected chi connectivity index (χ0v) is 15.4. The van der Waals surface area contributed by atoms with E-state index in [2.05, 4.69) is 10.2 Å². The van der Waals surface area contributed by atoms with Gasteiger partial charge in [-0.1, -0.05) is 0 Å². The number of fused-ring (bicyclic) bond motifs is 1. The van der Waals surface area contributed by atoms with Crippen LogP contribution < -0.4 is 10.3 Å². The largest absolute Gasteiger partial charge is 0.497 e. The minimum atomic E-state index is -0.319. The Balaban J connectivity index is 1.70. The SMILES string of the molecule is COc1ccc(-c2cc3c(=O)n(CC(=O)N4CCCC4)nc(C)n3n2)cc1. The van der Waals surface area contributed by atoms with Crippen LogP contribution in [0.1, 0.15) is 18.7 Å². The first-order chi connectivity index (χ1) is 13.1. The summed E-state index contributed by atoms with van der Waals surface area (Å²) in [6.07, 6.45) is 2.03. The van der Waals surface area contributed by atoms with Gasteiger partial charge in [0.25, 0.3) is 5.56 Å². The molecule has 8 nitrogen and oxygen atoms in total. The number of likely N-dealkylation sites (tertiary alicyclic amines) is 1. The lowest BCUT2D eigenvalue weighted by atomic mass is 10.1. The topological polar surface area (TPSA) is 81.7 Å². The number of carbonyl (C=O) groups is 1. The highest BCUT2D eigenvalue weighted by atomic mass is 16.5. The number of benzene rings is 1. The first-order valence-corrected chi connectivity index (χ1v) is 8.96. The van der Waals surface area contributed by atoms with E-state index in [1.807, 2.05) is 24.3 Å². The fourth-order valence-corrected chi connectivity index (χ4v) is 3.38. The van der Waals surface area contributed by atoms with E-state index < -0.39 is 0 Å². The maximum absolute atomic E-state index is 12.8. The van der Waals surface area contributed by atoms with Gasteiger partial charge in [0.1, 0.15) is 23.6 Å². The molecule has 0 spiro atoms. The number of methoxy groups -OCH3 is 1. The van der Waals surface area contributed by atoms with Gasteiger partial charge in [-0.25, -0.2) is 9.20 Å². The van der Waals surface area contributed by atoms with Gasteiger partial charge in [0.05, 0.1) is 12.8 Å². The summed E-state index contributed by atoms with van der Waals surface area (Å²) in [5.74, 6) is 1.24. The molecular weight excluding hydrogens is 346 g/mol. The van der Waals surface area contributed by atoms with E-state index in [4.69, 9.17) is 4.74 Å². The predicted molar refractivity (Wildman–Crippen MR) is 99.8 cm³/mol. The highest BCUT2D eigenvalue weighted by Gasteiger charge is 2.20. The maximum atomic E-state index is 12.8. The number of amides is 1. The van der Waals surface area contributed by atoms with Crippen LogP contribution in [0.25, 0.3) is 16.8 Å². The molecule has 1 aliphatic rings. The average Bonchev–Trinajstić information content (AvgIpc) is 3.36. The molecular formula is C19H21N5O3. The molecule has 0 radical (unpaired) electrons. The molecule has 2 aromatic heterocycles. The maximum Gasteiger partial charge on any atom is 0.293 e. The van der Waals surface area contributed by atoms with Crippen LogP contribution in [0.3, 0.4) is 0 Å². The highest BCUT2D eigenvalue weighted by molar-refractivity contribution is 5.76. The normalized spacial score (nSPS) is 14.1. The Labute approximate surface area is 156 Å². The van der Waals surface area contributed by atoms with Gasteiger partial charge >= 0.3 is 0 Å². The van der Waals surface area contributed by atoms with Crippen LogP contribution in [0.2, 0.25) is 0 Å². The second kappa shape index (κ2) is 6.86. The summed E-state index contributed by atoms with van der Waals surface area (Å²) < 4.78 is 7.94. The third kappa shape index (κ3) is 3.18. The molecule has 8 heteroatoms. The quantitative estimate of drug-likeness (QED) is 0.698. The highest BCUT2D eigenvalue weighted by Crippen LogP contribution is 2.22. The van der Waals surface area contributed by atoms with Gasteiger partial charge in [-0.05, 0) is 50.1 Å². The van der Waals surface area contributed by atoms with Crippen molar-refractivity contribution in [2.75, 3.05) is 20.2 Å². The summed E-state index contributed by atoms with van der Waals surface area (Å²) in [5.41, 5.74) is 1.63. The Hall–Kier alpha value is -3.16. The summed E-state index contributed by atoms with van der Waals surface area (Å²) in [4.78, 5) is 27.0. The van der Waals surface area contributed by atoms with Crippen molar-refractivity contribution in [2.45, 2.75) is 26.3 Å². The Morgan fingerprint density at radius 1 is 1.15 bits per heavy atom. The second-order valence-corrected chi connectivity index (χ2v) is 6.65. The van der Waals surface area contributed by atoms with Crippen LogP contribution in [0.4, 0.5) is 0 Å². The predicted octanol–water partition coefficient (Wildman–Crippen LogP) is 1.50. The molecule has 3 aromatic rings. The first kappa shape index (κ1) is 17.3. The van der Waals surface area contributed by atoms with E-state index >= 15 is 0 Å². The van der Waals surface area contributed by atoms with Gasteiger partial charge in [-0.3, -0.25) is 9.59 Å². The fraction of sp³-hybridized carbons (Fsp3) is 0.368. The van der Waals surface area contributed by atoms with Crippen molar-refractivity contribution < 1.29 is 9.53 Å². The molecule has 1 amide bonds. The Morgan fingerprint density at radius 3 is 2.52 bits per heavy atom. The average molecular weight is 367 g/mol. The van der Waals surface area contributed by atoms with E-state index in [9.17, 15) is 9.59 Å². The number of hydrogen-bond acceptors (Lipinski definition) is 5. The summed E-state index contributed by atoms with van der Waals surface area (Å²) in [6, 6.07) is 9.20. The van der Waals surface area contributed by atoms with Crippen LogP contribution in [-0.4, -0.2) is 50.4 Å². The summed E-state index contributed by atoms with van der Waals surface area (Å²) in [7, 11) is 1.61. The van der Waals surface area contributed by atoms with E-state index in [0.717, 1.165) is 37.2 Å². The molecule has 0 N–H and O–H groups in total. The molecule has 0 bridgehead atoms. The number of hydrogen-bond donors (Lipinski definition) is 0. The summed E-state index contributed by atoms with van der Waals surface area (Å²) in [6.45, 7) is 3.24. The van der Waals surface area contributed by atoms with Crippen molar-refractivity contribution in [3.63, 3.8) is 0 Å². The lowest BCUT2D eigenvalue weighted by Crippen LogP contribution is -2.36. The molecule has 140 valence electrons. The minimum absolute atomic E-state index is 0.0424. The molecule has 0 atom stereocenters. The van der Waals surface area contributed by atoms with Crippen LogP contribution in [0.5, 0.6) is 5.75 Å². The Morgan fingerprint density at radius 2 is 1.85 bits per heavy atom. The van der Waals surface area contributed by atoms with Crippen molar-refractivity contribution in [3.05, 3.63) is 46.5 Å². The van der Waals surface area contributed by atoms with Gasteiger partial charge in [0.15, 0.2) is 0 Å². The number of nitrogens with zero attached hydrogens (tertiary/aromatic N) is 5. The molecule has 27 heavy (non-hydrogen) atoms. The van der Waals surface area contributed by atoms with Gasteiger partial charge in [0, 0.05) is 18.7 Å². The molecule has 1 saturated heterocycles. The van der Waals surface area contributed by atoms with Crippen LogP contribution >= 0.6 is 0 Å². The standard InChI is InChI=1S/C19H21N5O3/c1-13-20-23(12-18(25)22-9-3-4-10-22)19(26)17-11-16(21-24(13)17)14-5-7-15(27-2)8-6-14/h5-8,11H,3-4,9-10,12H2,1-2H3. The fourth-order valence-electron chi connectivity index (χ4n) is 3.38. The minimum Gasteiger partial charge on any atom is -0.497 e. The third-order valence-corrected chi connectivity index (χ3v) is 4.86. The number of carbonyl (C=O) groups excluding carboxylic acids is 1. The van der Waals surface area contributed by atoms with E-state index in [0.29, 0.717) is 17.0 Å². The van der Waals surface area contributed by atoms with E-state index in [1.54, 1.807) is 25.0 Å². The Bertz CT molecular complexity index is 1050. The van der Waals surface area contributed by atoms with Crippen LogP contribution in [-0.2, 0) is 11.3 Å². The second-order valence-electron chi connectivity index (χ2n) is 6.65. The van der Waals surface area contributed by atoms with Gasteiger partial charge in [-0.15, -0.1) is 0 Å². The lowest BCUT2D eigenvalue weighted by Gasteiger charge is -2.15. The number of aromatic nitrogens is 4. The lowest BCUT2D eigenvalue weighted by molar-refractivity contribution is -0.131. The molecule has 0 saturated carbocycles. The van der Waals surface area contributed by atoms with Crippen molar-refractivity contribution in [1.82, 2.24) is 24.3 Å². The Kier molecular flexibility index (Phi) is 4.39. The van der Waals surface area contributed by atoms with Crippen LogP contribution in [0.15, 0.2) is 35.1 Å². The van der Waals surface area contributed by atoms with Gasteiger partial charge < -0.3 is 9.64 Å². The van der Waals surface area contributed by atoms with E-state index in [-0.39, 0.29) is 18.0 Å². The van der Waals surface area contributed by atoms with Crippen molar-refractivity contribution >= 4 is 11.4 Å². The van der Waals surface area contributed by atoms with Crippen LogP contribution in [0, 0.1) is 6.92 Å². The number of aryl methyl sites for hydroxylation is 1. The molecule has 4 rings (SSSR count). The first-order valence-electron chi connectivity index (χ1n) is 8.96. The van der Waals surface area contributed by atoms with Crippen molar-refractivity contribution in [3.8, 4) is 17.0 Å². The monoisotopic (exact) mass is 367 g/mol.